The van der Waals surface area contributed by atoms with Gasteiger partial charge in [-0.05, 0) is 92.2 Å². The van der Waals surface area contributed by atoms with Crippen molar-refractivity contribution in [2.24, 2.45) is 5.92 Å². The highest BCUT2D eigenvalue weighted by Gasteiger charge is 2.39. The lowest BCUT2D eigenvalue weighted by atomic mass is 9.70. The number of nitriles is 1. The van der Waals surface area contributed by atoms with Crippen molar-refractivity contribution in [1.29, 1.82) is 5.26 Å². The van der Waals surface area contributed by atoms with Gasteiger partial charge in [-0.15, -0.1) is 0 Å². The minimum absolute atomic E-state index is 0.0299. The monoisotopic (exact) mass is 518 g/mol. The van der Waals surface area contributed by atoms with Gasteiger partial charge in [0, 0.05) is 18.7 Å². The number of carbonyl (C=O) groups is 1. The lowest BCUT2D eigenvalue weighted by Crippen LogP contribution is -2.31. The van der Waals surface area contributed by atoms with Crippen LogP contribution >= 0.6 is 0 Å². The second-order valence-corrected chi connectivity index (χ2v) is 9.81. The molecule has 0 saturated carbocycles. The number of nitrogens with zero attached hydrogens (tertiary/aromatic N) is 2. The molecule has 38 heavy (non-hydrogen) atoms. The van der Waals surface area contributed by atoms with Gasteiger partial charge < -0.3 is 14.4 Å². The maximum atomic E-state index is 13.7. The highest BCUT2D eigenvalue weighted by molar-refractivity contribution is 5.94. The van der Waals surface area contributed by atoms with E-state index in [9.17, 15) is 18.8 Å². The molecular weight excluding hydrogens is 486 g/mol. The largest absolute Gasteiger partial charge is 0.493 e. The lowest BCUT2D eigenvalue weighted by molar-refractivity contribution is 0.101. The Kier molecular flexibility index (Phi) is 8.75. The van der Waals surface area contributed by atoms with Crippen LogP contribution in [0.1, 0.15) is 47.7 Å². The number of ketones is 1. The lowest BCUT2D eigenvalue weighted by Gasteiger charge is -2.31. The van der Waals surface area contributed by atoms with Crippen molar-refractivity contribution < 1.29 is 23.0 Å². The Morgan fingerprint density at radius 3 is 2.21 bits per heavy atom. The molecule has 1 saturated heterocycles. The molecule has 5 nitrogen and oxygen atoms in total. The fourth-order valence-electron chi connectivity index (χ4n) is 5.24. The van der Waals surface area contributed by atoms with Crippen molar-refractivity contribution in [2.45, 2.75) is 31.6 Å². The van der Waals surface area contributed by atoms with Gasteiger partial charge in [0.15, 0.2) is 17.3 Å². The predicted octanol–water partition coefficient (Wildman–Crippen LogP) is 6.17. The maximum Gasteiger partial charge on any atom is 0.161 e. The van der Waals surface area contributed by atoms with E-state index in [1.165, 1.54) is 31.2 Å². The number of hydrogen-bond donors (Lipinski definition) is 0. The number of likely N-dealkylation sites (tertiary alicyclic amines) is 1. The number of benzene rings is 3. The van der Waals surface area contributed by atoms with Crippen LogP contribution in [0.15, 0.2) is 66.7 Å². The molecule has 3 aromatic rings. The quantitative estimate of drug-likeness (QED) is 0.225. The maximum absolute atomic E-state index is 13.7. The van der Waals surface area contributed by atoms with E-state index < -0.39 is 5.41 Å². The summed E-state index contributed by atoms with van der Waals surface area (Å²) in [5, 5.41) is 10.4. The van der Waals surface area contributed by atoms with Gasteiger partial charge in [0.1, 0.15) is 17.0 Å². The number of halogens is 2. The fourth-order valence-corrected chi connectivity index (χ4v) is 5.24. The van der Waals surface area contributed by atoms with Gasteiger partial charge in [0.2, 0.25) is 0 Å². The molecule has 0 spiro atoms. The van der Waals surface area contributed by atoms with E-state index in [1.807, 2.05) is 0 Å². The molecule has 0 N–H and O–H groups in total. The minimum Gasteiger partial charge on any atom is -0.493 e. The molecule has 198 valence electrons. The number of carbonyl (C=O) groups excluding carboxylic acids is 1. The molecule has 0 bridgehead atoms. The summed E-state index contributed by atoms with van der Waals surface area (Å²) in [6, 6.07) is 19.8. The Bertz CT molecular complexity index is 1240. The van der Waals surface area contributed by atoms with E-state index in [-0.39, 0.29) is 23.3 Å². The van der Waals surface area contributed by atoms with Gasteiger partial charge in [-0.2, -0.15) is 5.26 Å². The third-order valence-electron chi connectivity index (χ3n) is 7.28. The number of ether oxygens (including phenoxy) is 2. The van der Waals surface area contributed by atoms with E-state index in [0.717, 1.165) is 32.5 Å². The summed E-state index contributed by atoms with van der Waals surface area (Å²) < 4.78 is 38.6. The first-order valence-electron chi connectivity index (χ1n) is 12.8. The van der Waals surface area contributed by atoms with Gasteiger partial charge in [-0.1, -0.05) is 24.3 Å². The second-order valence-electron chi connectivity index (χ2n) is 9.81. The van der Waals surface area contributed by atoms with E-state index in [4.69, 9.17) is 9.47 Å². The second kappa shape index (κ2) is 12.2. The van der Waals surface area contributed by atoms with Gasteiger partial charge in [-0.3, -0.25) is 4.79 Å². The first-order valence-corrected chi connectivity index (χ1v) is 12.8. The summed E-state index contributed by atoms with van der Waals surface area (Å²) in [7, 11) is 1.55. The Labute approximate surface area is 222 Å². The van der Waals surface area contributed by atoms with Crippen molar-refractivity contribution in [3.63, 3.8) is 0 Å². The molecule has 4 rings (SSSR count). The van der Waals surface area contributed by atoms with Gasteiger partial charge >= 0.3 is 0 Å². The van der Waals surface area contributed by atoms with Crippen molar-refractivity contribution in [2.75, 3.05) is 33.4 Å². The molecule has 0 amide bonds. The SMILES string of the molecule is COc1cc(C(C)=O)ccc1OCCCN1CCC(CC(C#N)(c2ccc(F)cc2)c2ccc(F)cc2)C1. The van der Waals surface area contributed by atoms with Crippen LogP contribution in [0, 0.1) is 28.9 Å². The molecule has 1 heterocycles. The summed E-state index contributed by atoms with van der Waals surface area (Å²) in [4.78, 5) is 14.0. The van der Waals surface area contributed by atoms with Crippen molar-refractivity contribution in [3.05, 3.63) is 95.1 Å². The van der Waals surface area contributed by atoms with Crippen LogP contribution < -0.4 is 9.47 Å². The average molecular weight is 519 g/mol. The predicted molar refractivity (Wildman–Crippen MR) is 141 cm³/mol. The molecule has 1 atom stereocenters. The standard InChI is InChI=1S/C31H32F2N2O3/c1-22(36)24-4-13-29(30(18-24)37-2)38-17-3-15-35-16-14-23(20-35)19-31(21-34,25-5-9-27(32)10-6-25)26-7-11-28(33)12-8-26/h4-13,18,23H,3,14-17,19-20H2,1-2H3. The minimum atomic E-state index is -0.992. The molecule has 1 aliphatic heterocycles. The summed E-state index contributed by atoms with van der Waals surface area (Å²) in [6.45, 7) is 4.61. The topological polar surface area (TPSA) is 62.6 Å². The molecule has 0 aromatic heterocycles. The summed E-state index contributed by atoms with van der Waals surface area (Å²) in [5.41, 5.74) is 1.01. The third-order valence-corrected chi connectivity index (χ3v) is 7.28. The third kappa shape index (κ3) is 6.20. The van der Waals surface area contributed by atoms with Gasteiger partial charge in [0.25, 0.3) is 0 Å². The normalized spacial score (nSPS) is 15.7. The van der Waals surface area contributed by atoms with Crippen molar-refractivity contribution >= 4 is 5.78 Å². The number of hydrogen-bond acceptors (Lipinski definition) is 5. The van der Waals surface area contributed by atoms with E-state index >= 15 is 0 Å². The van der Waals surface area contributed by atoms with E-state index in [1.54, 1.807) is 49.6 Å². The number of Topliss-reactive ketones (excluding diaryl/α,β-unsaturated/α-hetero) is 1. The van der Waals surface area contributed by atoms with Crippen LogP contribution in [-0.2, 0) is 5.41 Å². The smallest absolute Gasteiger partial charge is 0.161 e. The first kappa shape index (κ1) is 27.3. The van der Waals surface area contributed by atoms with E-state index in [2.05, 4.69) is 11.0 Å². The molecule has 3 aromatic carbocycles. The Morgan fingerprint density at radius 1 is 1.03 bits per heavy atom. The molecule has 0 radical (unpaired) electrons. The highest BCUT2D eigenvalue weighted by atomic mass is 19.1. The Balaban J connectivity index is 1.38. The molecule has 0 aliphatic carbocycles. The number of methoxy groups -OCH3 is 1. The molecular formula is C31H32F2N2O3. The van der Waals surface area contributed by atoms with Crippen LogP contribution in [-0.4, -0.2) is 44.0 Å². The van der Waals surface area contributed by atoms with Gasteiger partial charge in [-0.25, -0.2) is 8.78 Å². The van der Waals surface area contributed by atoms with Crippen molar-refractivity contribution in [3.8, 4) is 17.6 Å². The van der Waals surface area contributed by atoms with Crippen LogP contribution in [0.4, 0.5) is 8.78 Å². The van der Waals surface area contributed by atoms with Crippen LogP contribution in [0.2, 0.25) is 0 Å². The van der Waals surface area contributed by atoms with E-state index in [0.29, 0.717) is 41.2 Å². The summed E-state index contributed by atoms with van der Waals surface area (Å²) in [5.74, 6) is 0.646. The molecule has 1 fully saturated rings. The van der Waals surface area contributed by atoms with Gasteiger partial charge in [0.05, 0.1) is 19.8 Å². The highest BCUT2D eigenvalue weighted by Crippen LogP contribution is 2.40. The van der Waals surface area contributed by atoms with Crippen LogP contribution in [0.3, 0.4) is 0 Å². The fraction of sp³-hybridized carbons (Fsp3) is 0.355. The zero-order valence-corrected chi connectivity index (χ0v) is 21.8. The first-order chi connectivity index (χ1) is 18.3. The average Bonchev–Trinajstić information content (AvgIpc) is 3.37. The Morgan fingerprint density at radius 2 is 1.66 bits per heavy atom. The summed E-state index contributed by atoms with van der Waals surface area (Å²) in [6.07, 6.45) is 2.31. The summed E-state index contributed by atoms with van der Waals surface area (Å²) >= 11 is 0. The zero-order valence-electron chi connectivity index (χ0n) is 21.8. The van der Waals surface area contributed by atoms with Crippen LogP contribution in [0.25, 0.3) is 0 Å². The van der Waals surface area contributed by atoms with Crippen molar-refractivity contribution in [1.82, 2.24) is 4.90 Å². The number of rotatable bonds is 11. The molecule has 1 unspecified atom stereocenters. The molecule has 7 heteroatoms. The Hall–Kier alpha value is -3.76. The zero-order chi connectivity index (χ0) is 27.1. The van der Waals surface area contributed by atoms with Crippen LogP contribution in [0.5, 0.6) is 11.5 Å². The molecule has 1 aliphatic rings.